The Labute approximate surface area is 172 Å². The number of carbonyl (C=O) groups is 1. The van der Waals surface area contributed by atoms with E-state index in [9.17, 15) is 20.1 Å². The normalized spacial score (nSPS) is 52.9. The first kappa shape index (κ1) is 19.8. The Morgan fingerprint density at radius 1 is 1.00 bits per heavy atom. The maximum absolute atomic E-state index is 13.2. The smallest absolute Gasteiger partial charge is 0.318 e. The highest BCUT2D eigenvalue weighted by Crippen LogP contribution is 2.75. The molecule has 0 radical (unpaired) electrons. The van der Waals surface area contributed by atoms with Crippen LogP contribution < -0.4 is 0 Å². The predicted molar refractivity (Wildman–Crippen MR) is 108 cm³/mol. The zero-order valence-corrected chi connectivity index (χ0v) is 18.3. The second kappa shape index (κ2) is 5.17. The van der Waals surface area contributed by atoms with Crippen molar-refractivity contribution in [2.75, 3.05) is 0 Å². The Hall–Kier alpha value is -1.17. The van der Waals surface area contributed by atoms with Crippen molar-refractivity contribution in [3.63, 3.8) is 0 Å². The Morgan fingerprint density at radius 2 is 1.69 bits per heavy atom. The molecule has 2 saturated carbocycles. The molecule has 5 nitrogen and oxygen atoms in total. The molecular weight excluding hydrogens is 368 g/mol. The van der Waals surface area contributed by atoms with Crippen molar-refractivity contribution in [3.05, 3.63) is 22.8 Å². The van der Waals surface area contributed by atoms with Gasteiger partial charge in [0, 0.05) is 23.2 Å². The van der Waals surface area contributed by atoms with E-state index in [1.165, 1.54) is 23.6 Å². The molecule has 0 aromatic heterocycles. The number of carbonyl (C=O) groups excluding carboxylic acids is 1. The molecule has 3 unspecified atom stereocenters. The first-order chi connectivity index (χ1) is 13.3. The van der Waals surface area contributed by atoms with Gasteiger partial charge in [-0.15, -0.1) is 0 Å². The van der Waals surface area contributed by atoms with Crippen molar-refractivity contribution >= 4 is 5.97 Å². The van der Waals surface area contributed by atoms with E-state index in [1.54, 1.807) is 0 Å². The number of aliphatic hydroxyl groups excluding tert-OH is 1. The summed E-state index contributed by atoms with van der Waals surface area (Å²) in [5.41, 5.74) is 0.403. The van der Waals surface area contributed by atoms with Crippen LogP contribution in [-0.4, -0.2) is 38.8 Å². The molecule has 0 amide bonds. The third-order valence-electron chi connectivity index (χ3n) is 10.0. The van der Waals surface area contributed by atoms with Gasteiger partial charge in [0.05, 0.1) is 6.10 Å². The van der Waals surface area contributed by atoms with Crippen LogP contribution in [0.1, 0.15) is 79.6 Å². The van der Waals surface area contributed by atoms with Crippen molar-refractivity contribution in [1.82, 2.24) is 0 Å². The van der Waals surface area contributed by atoms with Crippen LogP contribution in [0.5, 0.6) is 0 Å². The quantitative estimate of drug-likeness (QED) is 0.427. The van der Waals surface area contributed by atoms with E-state index in [4.69, 9.17) is 4.74 Å². The van der Waals surface area contributed by atoms with Crippen LogP contribution in [0.4, 0.5) is 0 Å². The first-order valence-electron chi connectivity index (χ1n) is 11.1. The number of rotatable bonds is 0. The molecule has 1 saturated heterocycles. The van der Waals surface area contributed by atoms with E-state index in [2.05, 4.69) is 33.8 Å². The fourth-order valence-electron chi connectivity index (χ4n) is 8.25. The first-order valence-corrected chi connectivity index (χ1v) is 11.1. The SMILES string of the molecule is CC1(C)C2=CCC3=C(CCC45C(=O)OC(C)(O)[C@@]4(O)CC[C@@]35C)[C@@]2(C)CCC1O. The molecule has 6 atom stereocenters. The Kier molecular flexibility index (Phi) is 3.53. The lowest BCUT2D eigenvalue weighted by atomic mass is 9.45. The predicted octanol–water partition coefficient (Wildman–Crippen LogP) is 3.38. The summed E-state index contributed by atoms with van der Waals surface area (Å²) < 4.78 is 5.40. The number of allylic oxidation sites excluding steroid dienone is 3. The summed E-state index contributed by atoms with van der Waals surface area (Å²) in [6.07, 6.45) is 6.58. The molecule has 160 valence electrons. The Bertz CT molecular complexity index is 882. The van der Waals surface area contributed by atoms with E-state index in [1.807, 2.05) is 0 Å². The zero-order valence-electron chi connectivity index (χ0n) is 18.3. The third-order valence-corrected chi connectivity index (χ3v) is 10.0. The van der Waals surface area contributed by atoms with Gasteiger partial charge < -0.3 is 20.1 Å². The molecule has 0 aromatic rings. The van der Waals surface area contributed by atoms with Gasteiger partial charge >= 0.3 is 5.97 Å². The average Bonchev–Trinajstić information content (AvgIpc) is 2.97. The minimum atomic E-state index is -1.85. The van der Waals surface area contributed by atoms with Crippen LogP contribution >= 0.6 is 0 Å². The van der Waals surface area contributed by atoms with Gasteiger partial charge in [-0.2, -0.15) is 0 Å². The number of esters is 1. The molecule has 1 spiro atoms. The number of hydrogen-bond acceptors (Lipinski definition) is 5. The van der Waals surface area contributed by atoms with Crippen LogP contribution in [0.3, 0.4) is 0 Å². The topological polar surface area (TPSA) is 87.0 Å². The minimum absolute atomic E-state index is 0.118. The molecule has 1 aliphatic heterocycles. The van der Waals surface area contributed by atoms with E-state index in [-0.39, 0.29) is 16.9 Å². The van der Waals surface area contributed by atoms with Gasteiger partial charge in [0.15, 0.2) is 0 Å². The van der Waals surface area contributed by atoms with E-state index >= 15 is 0 Å². The summed E-state index contributed by atoms with van der Waals surface area (Å²) in [7, 11) is 0. The standard InChI is InChI=1S/C24H34O5/c1-19(2)16-7-6-15-14(20(16,3)10-9-17(19)25)8-11-23-18(26)29-22(5,27)24(23,28)13-12-21(15,23)4/h7,17,25,27-28H,6,8-13H2,1-5H3/t17?,20-,21+,22?,23?,24+/m1/s1. The van der Waals surface area contributed by atoms with Gasteiger partial charge in [-0.25, -0.2) is 0 Å². The lowest BCUT2D eigenvalue weighted by molar-refractivity contribution is -0.249. The maximum Gasteiger partial charge on any atom is 0.318 e. The highest BCUT2D eigenvalue weighted by atomic mass is 16.7. The summed E-state index contributed by atoms with van der Waals surface area (Å²) in [5, 5.41) is 33.1. The number of fused-ring (bicyclic) bond motifs is 3. The van der Waals surface area contributed by atoms with Gasteiger partial charge in [0.1, 0.15) is 11.0 Å². The van der Waals surface area contributed by atoms with Crippen LogP contribution in [-0.2, 0) is 9.53 Å². The van der Waals surface area contributed by atoms with Gasteiger partial charge in [-0.05, 0) is 44.9 Å². The van der Waals surface area contributed by atoms with Crippen molar-refractivity contribution in [1.29, 1.82) is 0 Å². The summed E-state index contributed by atoms with van der Waals surface area (Å²) in [6.45, 7) is 10.1. The molecule has 29 heavy (non-hydrogen) atoms. The summed E-state index contributed by atoms with van der Waals surface area (Å²) in [5.74, 6) is -2.30. The van der Waals surface area contributed by atoms with Gasteiger partial charge in [-0.1, -0.05) is 50.5 Å². The zero-order chi connectivity index (χ0) is 21.3. The highest BCUT2D eigenvalue weighted by Gasteiger charge is 2.82. The lowest BCUT2D eigenvalue weighted by Crippen LogP contribution is -2.60. The number of ether oxygens (including phenoxy) is 1. The van der Waals surface area contributed by atoms with Gasteiger partial charge in [-0.3, -0.25) is 4.79 Å². The summed E-state index contributed by atoms with van der Waals surface area (Å²) in [6, 6.07) is 0. The molecule has 1 heterocycles. The molecule has 5 rings (SSSR count). The molecule has 0 bridgehead atoms. The number of cyclic esters (lactones) is 1. The van der Waals surface area contributed by atoms with Crippen LogP contribution in [0.2, 0.25) is 0 Å². The fourth-order valence-corrected chi connectivity index (χ4v) is 8.25. The van der Waals surface area contributed by atoms with Crippen LogP contribution in [0, 0.1) is 21.7 Å². The minimum Gasteiger partial charge on any atom is -0.430 e. The largest absolute Gasteiger partial charge is 0.430 e. The van der Waals surface area contributed by atoms with Crippen LogP contribution in [0.15, 0.2) is 22.8 Å². The van der Waals surface area contributed by atoms with E-state index in [0.29, 0.717) is 19.3 Å². The monoisotopic (exact) mass is 402 g/mol. The van der Waals surface area contributed by atoms with Crippen molar-refractivity contribution in [3.8, 4) is 0 Å². The maximum atomic E-state index is 13.2. The highest BCUT2D eigenvalue weighted by molar-refractivity contribution is 5.85. The third kappa shape index (κ3) is 1.84. The summed E-state index contributed by atoms with van der Waals surface area (Å²) >= 11 is 0. The molecule has 4 aliphatic carbocycles. The van der Waals surface area contributed by atoms with Gasteiger partial charge in [0.2, 0.25) is 5.79 Å². The Balaban J connectivity index is 1.68. The summed E-state index contributed by atoms with van der Waals surface area (Å²) in [4.78, 5) is 13.2. The molecule has 3 N–H and O–H groups in total. The second-order valence-corrected chi connectivity index (χ2v) is 11.4. The fraction of sp³-hybridized carbons (Fsp3) is 0.792. The molecule has 3 fully saturated rings. The second-order valence-electron chi connectivity index (χ2n) is 11.4. The molecule has 0 aromatic carbocycles. The van der Waals surface area contributed by atoms with E-state index in [0.717, 1.165) is 25.7 Å². The van der Waals surface area contributed by atoms with Crippen molar-refractivity contribution in [2.24, 2.45) is 21.7 Å². The lowest BCUT2D eigenvalue weighted by Gasteiger charge is -2.58. The number of aliphatic hydroxyl groups is 3. The molecular formula is C24H34O5. The van der Waals surface area contributed by atoms with Crippen LogP contribution in [0.25, 0.3) is 0 Å². The van der Waals surface area contributed by atoms with Crippen molar-refractivity contribution < 1.29 is 24.9 Å². The molecule has 5 aliphatic rings. The van der Waals surface area contributed by atoms with E-state index < -0.39 is 28.2 Å². The van der Waals surface area contributed by atoms with Gasteiger partial charge in [0.25, 0.3) is 0 Å². The molecule has 5 heteroatoms. The Morgan fingerprint density at radius 3 is 2.38 bits per heavy atom. The number of hydrogen-bond donors (Lipinski definition) is 3. The van der Waals surface area contributed by atoms with Crippen molar-refractivity contribution in [2.45, 2.75) is 97.1 Å². The average molecular weight is 403 g/mol.